The molecule has 19 heavy (non-hydrogen) atoms. The zero-order valence-electron chi connectivity index (χ0n) is 10.7. The van der Waals surface area contributed by atoms with E-state index in [0.29, 0.717) is 5.56 Å². The summed E-state index contributed by atoms with van der Waals surface area (Å²) in [4.78, 5) is 15.0. The van der Waals surface area contributed by atoms with Gasteiger partial charge in [0.05, 0.1) is 11.3 Å². The molecule has 0 radical (unpaired) electrons. The van der Waals surface area contributed by atoms with Gasteiger partial charge in [0.1, 0.15) is 0 Å². The van der Waals surface area contributed by atoms with E-state index in [4.69, 9.17) is 0 Å². The summed E-state index contributed by atoms with van der Waals surface area (Å²) in [6.45, 7) is 3.61. The molecule has 1 aliphatic rings. The Bertz CT molecular complexity index is 633. The first-order chi connectivity index (χ1) is 9.15. The molecular formula is C15H15NO2S. The minimum atomic E-state index is -0.852. The SMILES string of the molecule is Cc1ccc(N2CCc3sccc3C2)c(C(=O)O)c1. The lowest BCUT2D eigenvalue weighted by Gasteiger charge is -2.30. The molecule has 98 valence electrons. The number of carboxylic acid groups (broad SMARTS) is 1. The van der Waals surface area contributed by atoms with Gasteiger partial charge in [0.2, 0.25) is 0 Å². The summed E-state index contributed by atoms with van der Waals surface area (Å²) < 4.78 is 0. The average molecular weight is 273 g/mol. The Balaban J connectivity index is 1.98. The zero-order valence-corrected chi connectivity index (χ0v) is 11.5. The molecule has 0 saturated carbocycles. The summed E-state index contributed by atoms with van der Waals surface area (Å²) in [5, 5.41) is 11.5. The Morgan fingerprint density at radius 3 is 3.00 bits per heavy atom. The molecule has 4 heteroatoms. The standard InChI is InChI=1S/C15H15NO2S/c1-10-2-3-13(12(8-10)15(17)18)16-6-4-14-11(9-16)5-7-19-14/h2-3,5,7-8H,4,6,9H2,1H3,(H,17,18). The van der Waals surface area contributed by atoms with Crippen molar-refractivity contribution >= 4 is 23.0 Å². The van der Waals surface area contributed by atoms with Crippen LogP contribution in [-0.4, -0.2) is 17.6 Å². The Morgan fingerprint density at radius 2 is 2.21 bits per heavy atom. The van der Waals surface area contributed by atoms with E-state index in [1.807, 2.05) is 19.1 Å². The van der Waals surface area contributed by atoms with Crippen molar-refractivity contribution in [2.45, 2.75) is 19.9 Å². The first-order valence-corrected chi connectivity index (χ1v) is 7.17. The molecule has 0 spiro atoms. The topological polar surface area (TPSA) is 40.5 Å². The monoisotopic (exact) mass is 273 g/mol. The van der Waals surface area contributed by atoms with Gasteiger partial charge in [-0.15, -0.1) is 11.3 Å². The molecule has 1 aromatic carbocycles. The molecule has 0 amide bonds. The molecule has 0 saturated heterocycles. The number of aromatic carboxylic acids is 1. The normalized spacial score (nSPS) is 14.3. The second kappa shape index (κ2) is 4.70. The number of thiophene rings is 1. The van der Waals surface area contributed by atoms with Crippen LogP contribution in [0.5, 0.6) is 0 Å². The Kier molecular flexibility index (Phi) is 3.03. The number of fused-ring (bicyclic) bond motifs is 1. The summed E-state index contributed by atoms with van der Waals surface area (Å²) in [6, 6.07) is 7.79. The van der Waals surface area contributed by atoms with Crippen LogP contribution in [0.4, 0.5) is 5.69 Å². The number of aryl methyl sites for hydroxylation is 1. The van der Waals surface area contributed by atoms with Crippen LogP contribution in [0.1, 0.15) is 26.4 Å². The van der Waals surface area contributed by atoms with Crippen molar-refractivity contribution in [1.29, 1.82) is 0 Å². The highest BCUT2D eigenvalue weighted by atomic mass is 32.1. The van der Waals surface area contributed by atoms with Crippen LogP contribution in [0.3, 0.4) is 0 Å². The molecule has 2 heterocycles. The summed E-state index contributed by atoms with van der Waals surface area (Å²) >= 11 is 1.79. The third-order valence-electron chi connectivity index (χ3n) is 3.53. The number of hydrogen-bond acceptors (Lipinski definition) is 3. The molecule has 3 nitrogen and oxygen atoms in total. The third kappa shape index (κ3) is 2.24. The highest BCUT2D eigenvalue weighted by molar-refractivity contribution is 7.10. The maximum absolute atomic E-state index is 11.4. The highest BCUT2D eigenvalue weighted by Gasteiger charge is 2.21. The Morgan fingerprint density at radius 1 is 1.37 bits per heavy atom. The van der Waals surface area contributed by atoms with Crippen LogP contribution >= 0.6 is 11.3 Å². The molecule has 1 aromatic heterocycles. The minimum Gasteiger partial charge on any atom is -0.478 e. The van der Waals surface area contributed by atoms with E-state index in [0.717, 1.165) is 30.8 Å². The minimum absolute atomic E-state index is 0.402. The summed E-state index contributed by atoms with van der Waals surface area (Å²) in [5.41, 5.74) is 3.54. The van der Waals surface area contributed by atoms with E-state index in [1.165, 1.54) is 10.4 Å². The lowest BCUT2D eigenvalue weighted by Crippen LogP contribution is -2.30. The first-order valence-electron chi connectivity index (χ1n) is 6.29. The van der Waals surface area contributed by atoms with Gasteiger partial charge in [-0.05, 0) is 42.5 Å². The van der Waals surface area contributed by atoms with E-state index in [1.54, 1.807) is 17.4 Å². The molecule has 2 aromatic rings. The molecule has 0 bridgehead atoms. The second-order valence-electron chi connectivity index (χ2n) is 4.87. The molecule has 1 aliphatic heterocycles. The van der Waals surface area contributed by atoms with Gasteiger partial charge in [0, 0.05) is 18.0 Å². The van der Waals surface area contributed by atoms with Gasteiger partial charge in [-0.3, -0.25) is 0 Å². The quantitative estimate of drug-likeness (QED) is 0.912. The van der Waals surface area contributed by atoms with Gasteiger partial charge >= 0.3 is 5.97 Å². The second-order valence-corrected chi connectivity index (χ2v) is 5.87. The lowest BCUT2D eigenvalue weighted by molar-refractivity contribution is 0.0697. The largest absolute Gasteiger partial charge is 0.478 e. The van der Waals surface area contributed by atoms with Crippen LogP contribution < -0.4 is 4.90 Å². The molecule has 1 N–H and O–H groups in total. The molecular weight excluding hydrogens is 258 g/mol. The number of benzene rings is 1. The van der Waals surface area contributed by atoms with Gasteiger partial charge < -0.3 is 10.0 Å². The van der Waals surface area contributed by atoms with Crippen molar-refractivity contribution in [3.8, 4) is 0 Å². The van der Waals surface area contributed by atoms with Gasteiger partial charge in [0.15, 0.2) is 0 Å². The highest BCUT2D eigenvalue weighted by Crippen LogP contribution is 2.30. The van der Waals surface area contributed by atoms with Crippen LogP contribution in [0.15, 0.2) is 29.6 Å². The van der Waals surface area contributed by atoms with Crippen molar-refractivity contribution in [2.75, 3.05) is 11.4 Å². The summed E-state index contributed by atoms with van der Waals surface area (Å²) in [6.07, 6.45) is 1.000. The maximum atomic E-state index is 11.4. The predicted octanol–water partition coefficient (Wildman–Crippen LogP) is 3.32. The number of rotatable bonds is 2. The third-order valence-corrected chi connectivity index (χ3v) is 4.55. The van der Waals surface area contributed by atoms with Crippen LogP contribution in [0.2, 0.25) is 0 Å². The lowest BCUT2D eigenvalue weighted by atomic mass is 10.0. The van der Waals surface area contributed by atoms with E-state index in [2.05, 4.69) is 16.3 Å². The van der Waals surface area contributed by atoms with Crippen LogP contribution in [-0.2, 0) is 13.0 Å². The van der Waals surface area contributed by atoms with Crippen molar-refractivity contribution in [3.05, 3.63) is 51.2 Å². The fourth-order valence-corrected chi connectivity index (χ4v) is 3.44. The van der Waals surface area contributed by atoms with E-state index >= 15 is 0 Å². The van der Waals surface area contributed by atoms with Crippen molar-refractivity contribution < 1.29 is 9.90 Å². The molecule has 0 aliphatic carbocycles. The first kappa shape index (κ1) is 12.2. The van der Waals surface area contributed by atoms with E-state index in [9.17, 15) is 9.90 Å². The fraction of sp³-hybridized carbons (Fsp3) is 0.267. The van der Waals surface area contributed by atoms with Gasteiger partial charge in [0.25, 0.3) is 0 Å². The van der Waals surface area contributed by atoms with Gasteiger partial charge in [-0.25, -0.2) is 4.79 Å². The molecule has 0 unspecified atom stereocenters. The number of anilines is 1. The summed E-state index contributed by atoms with van der Waals surface area (Å²) in [5.74, 6) is -0.852. The van der Waals surface area contributed by atoms with Crippen molar-refractivity contribution in [2.24, 2.45) is 0 Å². The smallest absolute Gasteiger partial charge is 0.337 e. The number of hydrogen-bond donors (Lipinski definition) is 1. The molecule has 3 rings (SSSR count). The average Bonchev–Trinajstić information content (AvgIpc) is 2.85. The van der Waals surface area contributed by atoms with E-state index in [-0.39, 0.29) is 0 Å². The maximum Gasteiger partial charge on any atom is 0.337 e. The number of carbonyl (C=O) groups is 1. The predicted molar refractivity (Wildman–Crippen MR) is 77.2 cm³/mol. The Labute approximate surface area is 116 Å². The molecule has 0 fully saturated rings. The van der Waals surface area contributed by atoms with Crippen molar-refractivity contribution in [1.82, 2.24) is 0 Å². The summed E-state index contributed by atoms with van der Waals surface area (Å²) in [7, 11) is 0. The van der Waals surface area contributed by atoms with Crippen molar-refractivity contribution in [3.63, 3.8) is 0 Å². The van der Waals surface area contributed by atoms with Crippen LogP contribution in [0, 0.1) is 6.92 Å². The number of carboxylic acids is 1. The molecule has 0 atom stereocenters. The zero-order chi connectivity index (χ0) is 13.4. The van der Waals surface area contributed by atoms with E-state index < -0.39 is 5.97 Å². The van der Waals surface area contributed by atoms with Gasteiger partial charge in [-0.1, -0.05) is 11.6 Å². The fourth-order valence-electron chi connectivity index (χ4n) is 2.55. The Hall–Kier alpha value is -1.81. The van der Waals surface area contributed by atoms with Gasteiger partial charge in [-0.2, -0.15) is 0 Å². The number of nitrogens with zero attached hydrogens (tertiary/aromatic N) is 1. The van der Waals surface area contributed by atoms with Crippen LogP contribution in [0.25, 0.3) is 0 Å².